The van der Waals surface area contributed by atoms with Crippen LogP contribution in [0.2, 0.25) is 0 Å². The lowest BCUT2D eigenvalue weighted by molar-refractivity contribution is -0.241. The van der Waals surface area contributed by atoms with Gasteiger partial charge in [-0.3, -0.25) is 9.69 Å². The number of piperazine rings is 1. The van der Waals surface area contributed by atoms with Crippen molar-refractivity contribution in [3.8, 4) is 0 Å². The van der Waals surface area contributed by atoms with E-state index in [0.717, 1.165) is 26.2 Å². The first-order chi connectivity index (χ1) is 7.68. The quantitative estimate of drug-likeness (QED) is 0.659. The zero-order valence-electron chi connectivity index (χ0n) is 9.26. The summed E-state index contributed by atoms with van der Waals surface area (Å²) in [4.78, 5) is 24.9. The Balaban J connectivity index is 2.04. The van der Waals surface area contributed by atoms with Crippen molar-refractivity contribution < 1.29 is 19.7 Å². The van der Waals surface area contributed by atoms with Gasteiger partial charge in [-0.15, -0.1) is 0 Å². The molecule has 2 aliphatic heterocycles. The van der Waals surface area contributed by atoms with E-state index in [0.29, 0.717) is 12.4 Å². The largest absolute Gasteiger partial charge is 0.480 e. The molecule has 2 heterocycles. The van der Waals surface area contributed by atoms with E-state index < -0.39 is 12.0 Å². The predicted molar refractivity (Wildman–Crippen MR) is 55.6 cm³/mol. The maximum Gasteiger partial charge on any atom is 0.329 e. The van der Waals surface area contributed by atoms with Crippen molar-refractivity contribution >= 4 is 5.97 Å². The number of hydrogen-bond acceptors (Lipinski definition) is 5. The normalized spacial score (nSPS) is 24.9. The van der Waals surface area contributed by atoms with Gasteiger partial charge in [0.2, 0.25) is 0 Å². The summed E-state index contributed by atoms with van der Waals surface area (Å²) in [7, 11) is 2.03. The van der Waals surface area contributed by atoms with E-state index in [1.807, 2.05) is 11.9 Å². The fourth-order valence-corrected chi connectivity index (χ4v) is 1.95. The number of carboxylic acid groups (broad SMARTS) is 1. The molecule has 0 aromatic carbocycles. The second-order valence-corrected chi connectivity index (χ2v) is 4.05. The van der Waals surface area contributed by atoms with Crippen LogP contribution in [-0.2, 0) is 14.6 Å². The van der Waals surface area contributed by atoms with Gasteiger partial charge in [-0.2, -0.15) is 4.89 Å². The fraction of sp³-hybridized carbons (Fsp3) is 0.700. The molecule has 1 N–H and O–H groups in total. The first-order valence-electron chi connectivity index (χ1n) is 5.33. The van der Waals surface area contributed by atoms with Crippen molar-refractivity contribution in [1.29, 1.82) is 0 Å². The first-order valence-corrected chi connectivity index (χ1v) is 5.33. The van der Waals surface area contributed by atoms with E-state index >= 15 is 0 Å². The number of likely N-dealkylation sites (N-methyl/N-ethyl adjacent to an activating group) is 1. The van der Waals surface area contributed by atoms with Crippen molar-refractivity contribution in [2.75, 3.05) is 39.8 Å². The van der Waals surface area contributed by atoms with Gasteiger partial charge < -0.3 is 14.9 Å². The number of carbonyl (C=O) groups is 1. The summed E-state index contributed by atoms with van der Waals surface area (Å²) < 4.78 is 0. The topological polar surface area (TPSA) is 62.2 Å². The van der Waals surface area contributed by atoms with E-state index in [2.05, 4.69) is 4.90 Å². The lowest BCUT2D eigenvalue weighted by atomic mass is 10.1. The maximum absolute atomic E-state index is 11.2. The van der Waals surface area contributed by atoms with Crippen LogP contribution in [0.1, 0.15) is 0 Å². The Bertz CT molecular complexity index is 297. The van der Waals surface area contributed by atoms with Crippen LogP contribution in [0.3, 0.4) is 0 Å². The monoisotopic (exact) mass is 228 g/mol. The highest BCUT2D eigenvalue weighted by atomic mass is 17.2. The summed E-state index contributed by atoms with van der Waals surface area (Å²) in [5.74, 6) is -0.488. The van der Waals surface area contributed by atoms with E-state index in [9.17, 15) is 9.90 Å². The molecule has 1 fully saturated rings. The van der Waals surface area contributed by atoms with Crippen molar-refractivity contribution in [1.82, 2.24) is 9.80 Å². The molecule has 6 nitrogen and oxygen atoms in total. The zero-order chi connectivity index (χ0) is 11.5. The molecule has 16 heavy (non-hydrogen) atoms. The maximum atomic E-state index is 11.2. The lowest BCUT2D eigenvalue weighted by Crippen LogP contribution is -2.52. The van der Waals surface area contributed by atoms with Gasteiger partial charge in [0.25, 0.3) is 0 Å². The number of carboxylic acids is 1. The third kappa shape index (κ3) is 2.34. The van der Waals surface area contributed by atoms with Gasteiger partial charge in [-0.05, 0) is 13.1 Å². The standard InChI is InChI=1S/C10H16N2O4/c1-11-3-5-12(6-4-11)9(10(13)14)8-2-7-15-16-8/h2,9H,3-7H2,1H3,(H,13,14). The van der Waals surface area contributed by atoms with E-state index in [1.54, 1.807) is 6.08 Å². The molecule has 1 unspecified atom stereocenters. The molecule has 0 saturated carbocycles. The average Bonchev–Trinajstić information content (AvgIpc) is 2.74. The highest BCUT2D eigenvalue weighted by Crippen LogP contribution is 2.18. The predicted octanol–water partition coefficient (Wildman–Crippen LogP) is -0.467. The van der Waals surface area contributed by atoms with Crippen LogP contribution in [-0.4, -0.2) is 66.8 Å². The van der Waals surface area contributed by atoms with Crippen LogP contribution in [0.5, 0.6) is 0 Å². The minimum atomic E-state index is -0.888. The van der Waals surface area contributed by atoms with Crippen LogP contribution < -0.4 is 0 Å². The lowest BCUT2D eigenvalue weighted by Gasteiger charge is -2.35. The Labute approximate surface area is 94.0 Å². The molecular formula is C10H16N2O4. The first kappa shape index (κ1) is 11.4. The number of aliphatic carboxylic acids is 1. The molecule has 1 atom stereocenters. The molecule has 2 rings (SSSR count). The Hall–Kier alpha value is -1.11. The van der Waals surface area contributed by atoms with E-state index in [4.69, 9.17) is 9.78 Å². The summed E-state index contributed by atoms with van der Waals surface area (Å²) in [6, 6.07) is -0.712. The Morgan fingerprint density at radius 2 is 2.12 bits per heavy atom. The van der Waals surface area contributed by atoms with Crippen LogP contribution in [0.25, 0.3) is 0 Å². The van der Waals surface area contributed by atoms with Gasteiger partial charge in [0.15, 0.2) is 11.8 Å². The van der Waals surface area contributed by atoms with E-state index in [-0.39, 0.29) is 0 Å². The number of hydrogen-bond donors (Lipinski definition) is 1. The molecule has 0 amide bonds. The summed E-state index contributed by atoms with van der Waals surface area (Å²) >= 11 is 0. The molecule has 0 radical (unpaired) electrons. The minimum absolute atomic E-state index is 0.326. The minimum Gasteiger partial charge on any atom is -0.480 e. The zero-order valence-corrected chi connectivity index (χ0v) is 9.26. The van der Waals surface area contributed by atoms with Crippen LogP contribution >= 0.6 is 0 Å². The van der Waals surface area contributed by atoms with Gasteiger partial charge >= 0.3 is 5.97 Å². The summed E-state index contributed by atoms with van der Waals surface area (Å²) in [6.45, 7) is 3.53. The van der Waals surface area contributed by atoms with Crippen molar-refractivity contribution in [2.24, 2.45) is 0 Å². The van der Waals surface area contributed by atoms with Crippen molar-refractivity contribution in [3.63, 3.8) is 0 Å². The Morgan fingerprint density at radius 3 is 2.62 bits per heavy atom. The molecular weight excluding hydrogens is 212 g/mol. The average molecular weight is 228 g/mol. The molecule has 2 aliphatic rings. The molecule has 0 bridgehead atoms. The van der Waals surface area contributed by atoms with Gasteiger partial charge in [-0.1, -0.05) is 0 Å². The fourth-order valence-electron chi connectivity index (χ4n) is 1.95. The van der Waals surface area contributed by atoms with Gasteiger partial charge in [0.1, 0.15) is 6.61 Å². The summed E-state index contributed by atoms with van der Waals surface area (Å²) in [5.41, 5.74) is 0. The molecule has 0 aliphatic carbocycles. The second-order valence-electron chi connectivity index (χ2n) is 4.05. The van der Waals surface area contributed by atoms with Crippen LogP contribution in [0, 0.1) is 0 Å². The van der Waals surface area contributed by atoms with Crippen LogP contribution in [0.15, 0.2) is 11.8 Å². The Kier molecular flexibility index (Phi) is 3.42. The van der Waals surface area contributed by atoms with Crippen molar-refractivity contribution in [3.05, 3.63) is 11.8 Å². The summed E-state index contributed by atoms with van der Waals surface area (Å²) in [5, 5.41) is 9.22. The highest BCUT2D eigenvalue weighted by Gasteiger charge is 2.34. The molecule has 0 spiro atoms. The highest BCUT2D eigenvalue weighted by molar-refractivity contribution is 5.77. The smallest absolute Gasteiger partial charge is 0.329 e. The number of rotatable bonds is 3. The van der Waals surface area contributed by atoms with E-state index in [1.165, 1.54) is 0 Å². The molecule has 0 aromatic heterocycles. The third-order valence-electron chi connectivity index (χ3n) is 2.91. The molecule has 0 aromatic rings. The van der Waals surface area contributed by atoms with Crippen molar-refractivity contribution in [2.45, 2.75) is 6.04 Å². The van der Waals surface area contributed by atoms with Gasteiger partial charge in [-0.25, -0.2) is 0 Å². The second kappa shape index (κ2) is 4.82. The molecule has 90 valence electrons. The number of nitrogens with zero attached hydrogens (tertiary/aromatic N) is 2. The van der Waals surface area contributed by atoms with Gasteiger partial charge in [0, 0.05) is 26.2 Å². The van der Waals surface area contributed by atoms with Crippen LogP contribution in [0.4, 0.5) is 0 Å². The Morgan fingerprint density at radius 1 is 1.44 bits per heavy atom. The molecule has 6 heteroatoms. The molecule has 1 saturated heterocycles. The SMILES string of the molecule is CN1CCN(C(C(=O)O)C2=CCOO2)CC1. The third-order valence-corrected chi connectivity index (χ3v) is 2.91. The van der Waals surface area contributed by atoms with Gasteiger partial charge in [0.05, 0.1) is 0 Å². The summed E-state index contributed by atoms with van der Waals surface area (Å²) in [6.07, 6.45) is 1.68.